The van der Waals surface area contributed by atoms with Gasteiger partial charge < -0.3 is 9.64 Å². The first-order valence-corrected chi connectivity index (χ1v) is 7.13. The molecule has 1 heterocycles. The van der Waals surface area contributed by atoms with Crippen molar-refractivity contribution in [2.75, 3.05) is 33.4 Å². The Hall–Kier alpha value is -0.860. The Kier molecular flexibility index (Phi) is 5.69. The minimum atomic E-state index is 0.881. The van der Waals surface area contributed by atoms with E-state index in [0.29, 0.717) is 0 Å². The van der Waals surface area contributed by atoms with Crippen molar-refractivity contribution in [1.82, 2.24) is 4.90 Å². The number of rotatable bonds is 6. The Balaban J connectivity index is 1.67. The van der Waals surface area contributed by atoms with Crippen molar-refractivity contribution in [3.05, 3.63) is 35.9 Å². The van der Waals surface area contributed by atoms with Gasteiger partial charge in [-0.25, -0.2) is 0 Å². The largest absolute Gasteiger partial charge is 0.385 e. The molecule has 2 nitrogen and oxygen atoms in total. The summed E-state index contributed by atoms with van der Waals surface area (Å²) in [6.07, 6.45) is 5.12. The van der Waals surface area contributed by atoms with Crippen LogP contribution >= 0.6 is 0 Å². The molecule has 2 rings (SSSR count). The maximum atomic E-state index is 5.11. The first-order chi connectivity index (χ1) is 8.88. The van der Waals surface area contributed by atoms with E-state index < -0.39 is 0 Å². The van der Waals surface area contributed by atoms with Gasteiger partial charge in [0.05, 0.1) is 0 Å². The molecule has 0 bridgehead atoms. The van der Waals surface area contributed by atoms with E-state index in [1.165, 1.54) is 50.9 Å². The van der Waals surface area contributed by atoms with E-state index in [9.17, 15) is 0 Å². The Bertz CT molecular complexity index is 317. The van der Waals surface area contributed by atoms with Crippen LogP contribution in [-0.2, 0) is 11.2 Å². The molecule has 1 aromatic carbocycles. The minimum absolute atomic E-state index is 0.881. The van der Waals surface area contributed by atoms with Gasteiger partial charge in [-0.2, -0.15) is 0 Å². The standard InChI is InChI=1S/C16H25NO/c1-18-13-5-10-17-11-8-16(9-12-17)14-15-6-3-2-4-7-15/h2-4,6-7,16H,5,8-14H2,1H3. The van der Waals surface area contributed by atoms with E-state index in [4.69, 9.17) is 4.74 Å². The summed E-state index contributed by atoms with van der Waals surface area (Å²) >= 11 is 0. The first kappa shape index (κ1) is 13.6. The van der Waals surface area contributed by atoms with Crippen LogP contribution in [0, 0.1) is 5.92 Å². The van der Waals surface area contributed by atoms with E-state index >= 15 is 0 Å². The highest BCUT2D eigenvalue weighted by Gasteiger charge is 2.18. The molecule has 0 N–H and O–H groups in total. The first-order valence-electron chi connectivity index (χ1n) is 7.13. The van der Waals surface area contributed by atoms with Crippen LogP contribution in [0.1, 0.15) is 24.8 Å². The fourth-order valence-corrected chi connectivity index (χ4v) is 2.79. The third-order valence-electron chi connectivity index (χ3n) is 3.90. The summed E-state index contributed by atoms with van der Waals surface area (Å²) in [5.74, 6) is 0.881. The smallest absolute Gasteiger partial charge is 0.0474 e. The van der Waals surface area contributed by atoms with Crippen molar-refractivity contribution in [2.45, 2.75) is 25.7 Å². The van der Waals surface area contributed by atoms with E-state index in [2.05, 4.69) is 35.2 Å². The normalized spacial score (nSPS) is 18.1. The van der Waals surface area contributed by atoms with E-state index in [1.807, 2.05) is 0 Å². The summed E-state index contributed by atoms with van der Waals surface area (Å²) in [5, 5.41) is 0. The second-order valence-electron chi connectivity index (χ2n) is 5.32. The predicted molar refractivity (Wildman–Crippen MR) is 75.8 cm³/mol. The highest BCUT2D eigenvalue weighted by Crippen LogP contribution is 2.21. The molecule has 1 saturated heterocycles. The second kappa shape index (κ2) is 7.55. The highest BCUT2D eigenvalue weighted by atomic mass is 16.5. The summed E-state index contributed by atoms with van der Waals surface area (Å²) in [4.78, 5) is 2.58. The van der Waals surface area contributed by atoms with Gasteiger partial charge in [0.2, 0.25) is 0 Å². The van der Waals surface area contributed by atoms with E-state index in [-0.39, 0.29) is 0 Å². The van der Waals surface area contributed by atoms with Crippen molar-refractivity contribution in [2.24, 2.45) is 5.92 Å². The predicted octanol–water partition coefficient (Wildman–Crippen LogP) is 2.98. The summed E-state index contributed by atoms with van der Waals surface area (Å²) in [6.45, 7) is 4.62. The van der Waals surface area contributed by atoms with E-state index in [0.717, 1.165) is 12.5 Å². The molecule has 18 heavy (non-hydrogen) atoms. The molecule has 1 fully saturated rings. The number of benzene rings is 1. The fourth-order valence-electron chi connectivity index (χ4n) is 2.79. The third kappa shape index (κ3) is 4.43. The zero-order valence-electron chi connectivity index (χ0n) is 11.5. The lowest BCUT2D eigenvalue weighted by molar-refractivity contribution is 0.146. The van der Waals surface area contributed by atoms with Gasteiger partial charge in [0.15, 0.2) is 0 Å². The average Bonchev–Trinajstić information content (AvgIpc) is 2.42. The number of hydrogen-bond donors (Lipinski definition) is 0. The molecule has 0 aromatic heterocycles. The third-order valence-corrected chi connectivity index (χ3v) is 3.90. The van der Waals surface area contributed by atoms with Gasteiger partial charge in [-0.05, 0) is 50.3 Å². The lowest BCUT2D eigenvalue weighted by atomic mass is 9.90. The van der Waals surface area contributed by atoms with Gasteiger partial charge in [0.25, 0.3) is 0 Å². The SMILES string of the molecule is COCCCN1CCC(Cc2ccccc2)CC1. The Morgan fingerprint density at radius 1 is 1.17 bits per heavy atom. The Morgan fingerprint density at radius 2 is 1.89 bits per heavy atom. The molecule has 0 saturated carbocycles. The van der Waals surface area contributed by atoms with Crippen LogP contribution in [0.5, 0.6) is 0 Å². The molecule has 0 radical (unpaired) electrons. The molecule has 0 amide bonds. The zero-order chi connectivity index (χ0) is 12.6. The molecule has 100 valence electrons. The molecular formula is C16H25NO. The van der Waals surface area contributed by atoms with Crippen LogP contribution in [0.3, 0.4) is 0 Å². The summed E-state index contributed by atoms with van der Waals surface area (Å²) < 4.78 is 5.11. The quantitative estimate of drug-likeness (QED) is 0.717. The summed E-state index contributed by atoms with van der Waals surface area (Å²) in [5.41, 5.74) is 1.50. The van der Waals surface area contributed by atoms with Crippen molar-refractivity contribution in [1.29, 1.82) is 0 Å². The molecule has 0 unspecified atom stereocenters. The lowest BCUT2D eigenvalue weighted by Crippen LogP contribution is -2.35. The van der Waals surface area contributed by atoms with Crippen LogP contribution in [-0.4, -0.2) is 38.3 Å². The number of ether oxygens (including phenoxy) is 1. The van der Waals surface area contributed by atoms with Crippen molar-refractivity contribution >= 4 is 0 Å². The van der Waals surface area contributed by atoms with Crippen molar-refractivity contribution in [3.8, 4) is 0 Å². The Labute approximate surface area is 111 Å². The number of piperidine rings is 1. The topological polar surface area (TPSA) is 12.5 Å². The van der Waals surface area contributed by atoms with Gasteiger partial charge in [0.1, 0.15) is 0 Å². The minimum Gasteiger partial charge on any atom is -0.385 e. The summed E-state index contributed by atoms with van der Waals surface area (Å²) in [7, 11) is 1.78. The fraction of sp³-hybridized carbons (Fsp3) is 0.625. The number of methoxy groups -OCH3 is 1. The monoisotopic (exact) mass is 247 g/mol. The van der Waals surface area contributed by atoms with Gasteiger partial charge in [-0.3, -0.25) is 0 Å². The highest BCUT2D eigenvalue weighted by molar-refractivity contribution is 5.15. The molecular weight excluding hydrogens is 222 g/mol. The van der Waals surface area contributed by atoms with Crippen LogP contribution in [0.15, 0.2) is 30.3 Å². The molecule has 1 aliphatic rings. The van der Waals surface area contributed by atoms with Crippen LogP contribution in [0.2, 0.25) is 0 Å². The number of hydrogen-bond acceptors (Lipinski definition) is 2. The van der Waals surface area contributed by atoms with Gasteiger partial charge >= 0.3 is 0 Å². The van der Waals surface area contributed by atoms with Crippen LogP contribution < -0.4 is 0 Å². The zero-order valence-corrected chi connectivity index (χ0v) is 11.5. The van der Waals surface area contributed by atoms with Crippen molar-refractivity contribution in [3.63, 3.8) is 0 Å². The van der Waals surface area contributed by atoms with Crippen LogP contribution in [0.25, 0.3) is 0 Å². The van der Waals surface area contributed by atoms with E-state index in [1.54, 1.807) is 7.11 Å². The Morgan fingerprint density at radius 3 is 2.56 bits per heavy atom. The molecule has 2 heteroatoms. The molecule has 0 atom stereocenters. The van der Waals surface area contributed by atoms with Gasteiger partial charge in [-0.15, -0.1) is 0 Å². The van der Waals surface area contributed by atoms with Crippen molar-refractivity contribution < 1.29 is 4.74 Å². The molecule has 0 spiro atoms. The van der Waals surface area contributed by atoms with Crippen LogP contribution in [0.4, 0.5) is 0 Å². The average molecular weight is 247 g/mol. The number of nitrogens with zero attached hydrogens (tertiary/aromatic N) is 1. The molecule has 0 aliphatic carbocycles. The maximum absolute atomic E-state index is 5.11. The lowest BCUT2D eigenvalue weighted by Gasteiger charge is -2.32. The summed E-state index contributed by atoms with van der Waals surface area (Å²) in [6, 6.07) is 10.9. The maximum Gasteiger partial charge on any atom is 0.0474 e. The van der Waals surface area contributed by atoms with Gasteiger partial charge in [-0.1, -0.05) is 30.3 Å². The van der Waals surface area contributed by atoms with Gasteiger partial charge in [0, 0.05) is 20.3 Å². The molecule has 1 aromatic rings. The number of likely N-dealkylation sites (tertiary alicyclic amines) is 1. The second-order valence-corrected chi connectivity index (χ2v) is 5.32. The molecule has 1 aliphatic heterocycles.